The molecule has 8 N–H and O–H groups in total. The van der Waals surface area contributed by atoms with Gasteiger partial charge in [-0.3, -0.25) is 0 Å². The Hall–Kier alpha value is 0.159. The Kier molecular flexibility index (Phi) is 25.0. The van der Waals surface area contributed by atoms with Crippen LogP contribution in [0.3, 0.4) is 0 Å². The molecule has 0 bridgehead atoms. The van der Waals surface area contributed by atoms with Crippen LogP contribution in [0, 0.1) is 5.92 Å². The molecule has 5 nitrogen and oxygen atoms in total. The molecule has 0 aliphatic heterocycles. The predicted molar refractivity (Wildman–Crippen MR) is 90.1 cm³/mol. The third kappa shape index (κ3) is 22.6. The van der Waals surface area contributed by atoms with Gasteiger partial charge in [-0.25, -0.2) is 0 Å². The summed E-state index contributed by atoms with van der Waals surface area (Å²) < 4.78 is 23.1. The van der Waals surface area contributed by atoms with Crippen molar-refractivity contribution in [2.75, 3.05) is 0 Å². The van der Waals surface area contributed by atoms with Gasteiger partial charge in [0.25, 0.3) is 0 Å². The van der Waals surface area contributed by atoms with Gasteiger partial charge in [-0.1, -0.05) is 90.4 Å². The van der Waals surface area contributed by atoms with E-state index < -0.39 is 14.5 Å². The normalized spacial score (nSPS) is 14.7. The van der Waals surface area contributed by atoms with Crippen molar-refractivity contribution in [3.05, 3.63) is 0 Å². The van der Waals surface area contributed by atoms with Gasteiger partial charge >= 0.3 is 26.7 Å². The van der Waals surface area contributed by atoms with Gasteiger partial charge in [0.15, 0.2) is 0 Å². The van der Waals surface area contributed by atoms with Crippen molar-refractivity contribution >= 4 is 14.5 Å². The van der Waals surface area contributed by atoms with Gasteiger partial charge in [-0.2, -0.15) is 0 Å². The van der Waals surface area contributed by atoms with Crippen LogP contribution in [0.5, 0.6) is 0 Å². The summed E-state index contributed by atoms with van der Waals surface area (Å²) in [6.07, 6.45) is 19.4. The molecule has 1 rings (SSSR count). The number of unbranched alkanes of at least 4 members (excludes halogenated alkanes) is 6. The Morgan fingerprint density at radius 2 is 1.29 bits per heavy atom. The first-order valence-electron chi connectivity index (χ1n) is 7.96. The molecule has 0 amide bonds. The van der Waals surface area contributed by atoms with Crippen molar-refractivity contribution in [3.63, 3.8) is 0 Å². The Morgan fingerprint density at radius 1 is 0.857 bits per heavy atom. The van der Waals surface area contributed by atoms with Crippen LogP contribution in [0.4, 0.5) is 0 Å². The number of hydrogen-bond acceptors (Lipinski definition) is 3. The molecule has 0 aromatic carbocycles. The maximum absolute atomic E-state index is 8.76. The van der Waals surface area contributed by atoms with Crippen molar-refractivity contribution in [2.45, 2.75) is 90.4 Å². The molecule has 0 atom stereocenters. The molecule has 21 heavy (non-hydrogen) atoms. The van der Waals surface area contributed by atoms with Crippen molar-refractivity contribution in [1.82, 2.24) is 12.3 Å². The molecule has 0 aromatic rings. The van der Waals surface area contributed by atoms with E-state index in [1.807, 2.05) is 0 Å². The molecule has 1 fully saturated rings. The first-order chi connectivity index (χ1) is 9.16. The minimum atomic E-state index is -3.29. The standard InChI is InChI=1S/C15H30.2H3N.H2O3Se/c1-2-3-4-5-6-7-9-12-15-13-10-8-11-14-15;;;1-4(2)3/h15H,2-14H2,1H3;2*1H3;(H2,1,2,3). The fraction of sp³-hybridized carbons (Fsp3) is 1.00. The van der Waals surface area contributed by atoms with Crippen molar-refractivity contribution in [2.24, 2.45) is 5.92 Å². The van der Waals surface area contributed by atoms with Crippen LogP contribution in [-0.4, -0.2) is 22.9 Å². The Bertz CT molecular complexity index is 209. The number of rotatable bonds is 8. The average Bonchev–Trinajstić information content (AvgIpc) is 2.38. The van der Waals surface area contributed by atoms with E-state index in [2.05, 4.69) is 6.92 Å². The van der Waals surface area contributed by atoms with Gasteiger partial charge in [0.05, 0.1) is 0 Å². The van der Waals surface area contributed by atoms with Gasteiger partial charge in [0.1, 0.15) is 0 Å². The van der Waals surface area contributed by atoms with Crippen molar-refractivity contribution < 1.29 is 12.2 Å². The molecule has 0 spiro atoms. The first kappa shape index (κ1) is 26.1. The summed E-state index contributed by atoms with van der Waals surface area (Å²) in [4.78, 5) is 0. The summed E-state index contributed by atoms with van der Waals surface area (Å²) in [5, 5.41) is 0. The second kappa shape index (κ2) is 20.2. The third-order valence-corrected chi connectivity index (χ3v) is 3.94. The Labute approximate surface area is 135 Å². The molecule has 0 unspecified atom stereocenters. The summed E-state index contributed by atoms with van der Waals surface area (Å²) in [5.74, 6) is 1.11. The quantitative estimate of drug-likeness (QED) is 0.370. The van der Waals surface area contributed by atoms with Crippen molar-refractivity contribution in [1.29, 1.82) is 0 Å². The zero-order chi connectivity index (χ0) is 14.3. The SMILES string of the molecule is CCCCCCCCCC1CCCCC1.N.N.O=[Se](O)O. The Morgan fingerprint density at radius 3 is 1.76 bits per heavy atom. The summed E-state index contributed by atoms with van der Waals surface area (Å²) in [5.41, 5.74) is 0. The Balaban J connectivity index is -0.000000482. The summed E-state index contributed by atoms with van der Waals surface area (Å²) in [6.45, 7) is 2.29. The van der Waals surface area contributed by atoms with Crippen LogP contribution in [0.1, 0.15) is 90.4 Å². The number of hydrogen-bond donors (Lipinski definition) is 4. The van der Waals surface area contributed by atoms with Crippen LogP contribution in [0.2, 0.25) is 0 Å². The van der Waals surface area contributed by atoms with Gasteiger partial charge in [-0.15, -0.1) is 0 Å². The van der Waals surface area contributed by atoms with Crippen LogP contribution < -0.4 is 12.3 Å². The molecule has 0 heterocycles. The summed E-state index contributed by atoms with van der Waals surface area (Å²) in [7, 11) is 0. The van der Waals surface area contributed by atoms with E-state index in [0.29, 0.717) is 0 Å². The second-order valence-corrected chi connectivity index (χ2v) is 6.61. The molecule has 1 saturated carbocycles. The van der Waals surface area contributed by atoms with E-state index in [-0.39, 0.29) is 12.3 Å². The van der Waals surface area contributed by atoms with E-state index in [0.717, 1.165) is 5.92 Å². The average molecular weight is 373 g/mol. The van der Waals surface area contributed by atoms with Gasteiger partial charge < -0.3 is 12.3 Å². The van der Waals surface area contributed by atoms with E-state index in [1.54, 1.807) is 0 Å². The fourth-order valence-electron chi connectivity index (χ4n) is 2.87. The molecular weight excluding hydrogens is 335 g/mol. The summed E-state index contributed by atoms with van der Waals surface area (Å²) >= 11 is -3.29. The second-order valence-electron chi connectivity index (χ2n) is 5.64. The monoisotopic (exact) mass is 374 g/mol. The molecule has 132 valence electrons. The predicted octanol–water partition coefficient (Wildman–Crippen LogP) is 4.42. The zero-order valence-electron chi connectivity index (χ0n) is 13.9. The minimum absolute atomic E-state index is 0. The molecule has 6 heteroatoms. The van der Waals surface area contributed by atoms with Gasteiger partial charge in [-0.05, 0) is 5.92 Å². The topological polar surface area (TPSA) is 128 Å². The van der Waals surface area contributed by atoms with Crippen LogP contribution in [0.25, 0.3) is 0 Å². The summed E-state index contributed by atoms with van der Waals surface area (Å²) in [6, 6.07) is 0. The molecule has 1 aliphatic rings. The van der Waals surface area contributed by atoms with Crippen LogP contribution >= 0.6 is 0 Å². The molecule has 0 radical (unpaired) electrons. The van der Waals surface area contributed by atoms with E-state index in [4.69, 9.17) is 12.2 Å². The van der Waals surface area contributed by atoms with E-state index in [9.17, 15) is 0 Å². The molecular formula is C15H38N2O3Se. The fourth-order valence-corrected chi connectivity index (χ4v) is 2.87. The van der Waals surface area contributed by atoms with E-state index >= 15 is 0 Å². The molecule has 1 aliphatic carbocycles. The molecule has 0 saturated heterocycles. The molecule has 0 aromatic heterocycles. The van der Waals surface area contributed by atoms with E-state index in [1.165, 1.54) is 83.5 Å². The zero-order valence-corrected chi connectivity index (χ0v) is 15.6. The van der Waals surface area contributed by atoms with Gasteiger partial charge in [0.2, 0.25) is 0 Å². The first-order valence-corrected chi connectivity index (χ1v) is 10.2. The third-order valence-electron chi connectivity index (χ3n) is 3.94. The van der Waals surface area contributed by atoms with Crippen LogP contribution in [-0.2, 0) is 3.83 Å². The van der Waals surface area contributed by atoms with Crippen molar-refractivity contribution in [3.8, 4) is 0 Å². The van der Waals surface area contributed by atoms with Gasteiger partial charge in [0, 0.05) is 0 Å². The maximum atomic E-state index is 8.76. The van der Waals surface area contributed by atoms with Crippen LogP contribution in [0.15, 0.2) is 0 Å².